The molecule has 0 aromatic heterocycles. The van der Waals surface area contributed by atoms with Gasteiger partial charge in [-0.3, -0.25) is 4.90 Å². The van der Waals surface area contributed by atoms with Crippen LogP contribution in [0, 0.1) is 0 Å². The predicted octanol–water partition coefficient (Wildman–Crippen LogP) is 2.87. The highest BCUT2D eigenvalue weighted by Crippen LogP contribution is 2.38. The number of likely N-dealkylation sites (tertiary alicyclic amines) is 1. The Morgan fingerprint density at radius 1 is 1.10 bits per heavy atom. The lowest BCUT2D eigenvalue weighted by Crippen LogP contribution is -2.47. The van der Waals surface area contributed by atoms with Crippen molar-refractivity contribution < 1.29 is 24.4 Å². The summed E-state index contributed by atoms with van der Waals surface area (Å²) in [6.45, 7) is 2.99. The second kappa shape index (κ2) is 8.61. The molecule has 6 heteroatoms. The van der Waals surface area contributed by atoms with Crippen LogP contribution >= 0.6 is 0 Å². The fourth-order valence-electron chi connectivity index (χ4n) is 4.27. The van der Waals surface area contributed by atoms with Crippen LogP contribution in [0.25, 0.3) is 0 Å². The number of hydrogen-bond acceptors (Lipinski definition) is 6. The lowest BCUT2D eigenvalue weighted by Gasteiger charge is -2.40. The highest BCUT2D eigenvalue weighted by Gasteiger charge is 2.37. The molecule has 0 spiro atoms. The number of methoxy groups -OCH3 is 1. The minimum absolute atomic E-state index is 0.442. The van der Waals surface area contributed by atoms with Gasteiger partial charge in [0.15, 0.2) is 11.5 Å². The zero-order valence-electron chi connectivity index (χ0n) is 16.8. The van der Waals surface area contributed by atoms with E-state index in [4.69, 9.17) is 14.2 Å². The number of para-hydroxylation sites is 1. The zero-order chi connectivity index (χ0) is 20.3. The van der Waals surface area contributed by atoms with Crippen molar-refractivity contribution in [1.82, 2.24) is 4.90 Å². The molecule has 2 aromatic carbocycles. The number of aliphatic hydroxyl groups excluding tert-OH is 1. The Morgan fingerprint density at radius 2 is 1.90 bits per heavy atom. The van der Waals surface area contributed by atoms with Gasteiger partial charge in [-0.15, -0.1) is 0 Å². The molecule has 2 aromatic rings. The summed E-state index contributed by atoms with van der Waals surface area (Å²) in [6.07, 6.45) is 1.70. The monoisotopic (exact) mass is 399 g/mol. The highest BCUT2D eigenvalue weighted by atomic mass is 16.5. The van der Waals surface area contributed by atoms with Crippen LogP contribution in [0.2, 0.25) is 0 Å². The summed E-state index contributed by atoms with van der Waals surface area (Å²) in [5, 5.41) is 22.2. The van der Waals surface area contributed by atoms with Crippen molar-refractivity contribution in [3.63, 3.8) is 0 Å². The van der Waals surface area contributed by atoms with Crippen LogP contribution in [-0.4, -0.2) is 55.1 Å². The SMILES string of the molecule is COc1ccccc1C1(O)CCCN(CC(O)c2ccc3c(c2)OCCCO3)C1. The molecule has 1 fully saturated rings. The molecule has 0 radical (unpaired) electrons. The number of rotatable bonds is 5. The fourth-order valence-corrected chi connectivity index (χ4v) is 4.27. The van der Waals surface area contributed by atoms with Crippen LogP contribution in [-0.2, 0) is 5.60 Å². The van der Waals surface area contributed by atoms with Gasteiger partial charge in [0.25, 0.3) is 0 Å². The van der Waals surface area contributed by atoms with Crippen LogP contribution in [0.4, 0.5) is 0 Å². The van der Waals surface area contributed by atoms with Gasteiger partial charge in [-0.25, -0.2) is 0 Å². The van der Waals surface area contributed by atoms with Gasteiger partial charge in [-0.1, -0.05) is 24.3 Å². The van der Waals surface area contributed by atoms with E-state index in [2.05, 4.69) is 4.90 Å². The van der Waals surface area contributed by atoms with Crippen molar-refractivity contribution in [2.75, 3.05) is 40.0 Å². The summed E-state index contributed by atoms with van der Waals surface area (Å²) in [6, 6.07) is 13.2. The summed E-state index contributed by atoms with van der Waals surface area (Å²) in [7, 11) is 1.62. The molecule has 2 atom stereocenters. The fraction of sp³-hybridized carbons (Fsp3) is 0.478. The Bertz CT molecular complexity index is 842. The molecule has 2 aliphatic heterocycles. The average molecular weight is 399 g/mol. The van der Waals surface area contributed by atoms with E-state index >= 15 is 0 Å². The standard InChI is InChI=1S/C23H29NO5/c1-27-20-7-3-2-6-18(20)23(26)10-4-11-24(16-23)15-19(25)17-8-9-21-22(14-17)29-13-5-12-28-21/h2-3,6-9,14,19,25-26H,4-5,10-13,15-16H2,1H3. The van der Waals surface area contributed by atoms with Gasteiger partial charge in [0, 0.05) is 25.1 Å². The van der Waals surface area contributed by atoms with Gasteiger partial charge in [0.2, 0.25) is 0 Å². The van der Waals surface area contributed by atoms with E-state index in [1.165, 1.54) is 0 Å². The van der Waals surface area contributed by atoms with Crippen LogP contribution < -0.4 is 14.2 Å². The van der Waals surface area contributed by atoms with E-state index in [-0.39, 0.29) is 0 Å². The number of benzene rings is 2. The number of β-amino-alcohol motifs (C(OH)–C–C–N with tert-alkyl or cyclic N) is 2. The Hall–Kier alpha value is -2.28. The first-order chi connectivity index (χ1) is 14.1. The van der Waals surface area contributed by atoms with E-state index in [9.17, 15) is 10.2 Å². The molecule has 2 aliphatic rings. The summed E-state index contributed by atoms with van der Waals surface area (Å²) < 4.78 is 16.9. The molecule has 2 N–H and O–H groups in total. The van der Waals surface area contributed by atoms with Crippen molar-refractivity contribution in [3.8, 4) is 17.2 Å². The second-order valence-electron chi connectivity index (χ2n) is 7.84. The normalized spacial score (nSPS) is 23.3. The van der Waals surface area contributed by atoms with Crippen molar-refractivity contribution in [1.29, 1.82) is 0 Å². The summed E-state index contributed by atoms with van der Waals surface area (Å²) in [5.74, 6) is 2.10. The molecule has 0 amide bonds. The molecule has 2 heterocycles. The predicted molar refractivity (Wildman–Crippen MR) is 110 cm³/mol. The summed E-state index contributed by atoms with van der Waals surface area (Å²) >= 11 is 0. The molecular weight excluding hydrogens is 370 g/mol. The van der Waals surface area contributed by atoms with Gasteiger partial charge in [-0.05, 0) is 43.1 Å². The van der Waals surface area contributed by atoms with E-state index in [0.29, 0.717) is 44.2 Å². The first-order valence-corrected chi connectivity index (χ1v) is 10.2. The topological polar surface area (TPSA) is 71.4 Å². The maximum atomic E-state index is 11.4. The number of ether oxygens (including phenoxy) is 3. The van der Waals surface area contributed by atoms with Crippen LogP contribution in [0.1, 0.15) is 36.5 Å². The third-order valence-electron chi connectivity index (χ3n) is 5.75. The molecular formula is C23H29NO5. The number of hydrogen-bond donors (Lipinski definition) is 2. The van der Waals surface area contributed by atoms with Crippen LogP contribution in [0.5, 0.6) is 17.2 Å². The third kappa shape index (κ3) is 4.34. The third-order valence-corrected chi connectivity index (χ3v) is 5.75. The summed E-state index contributed by atoms with van der Waals surface area (Å²) in [5.41, 5.74) is 0.605. The Kier molecular flexibility index (Phi) is 5.94. The van der Waals surface area contributed by atoms with Crippen molar-refractivity contribution in [2.24, 2.45) is 0 Å². The molecule has 29 heavy (non-hydrogen) atoms. The first kappa shape index (κ1) is 20.0. The minimum atomic E-state index is -0.991. The zero-order valence-corrected chi connectivity index (χ0v) is 16.8. The molecule has 4 rings (SSSR count). The van der Waals surface area contributed by atoms with Crippen LogP contribution in [0.3, 0.4) is 0 Å². The number of piperidine rings is 1. The van der Waals surface area contributed by atoms with E-state index in [0.717, 1.165) is 36.3 Å². The molecule has 0 bridgehead atoms. The van der Waals surface area contributed by atoms with Gasteiger partial charge in [0.05, 0.1) is 26.4 Å². The number of fused-ring (bicyclic) bond motifs is 1. The molecule has 156 valence electrons. The Balaban J connectivity index is 1.47. The Labute approximate surface area is 171 Å². The van der Waals surface area contributed by atoms with Crippen molar-refractivity contribution in [2.45, 2.75) is 31.0 Å². The number of aliphatic hydroxyl groups is 2. The van der Waals surface area contributed by atoms with Gasteiger partial charge in [0.1, 0.15) is 11.4 Å². The minimum Gasteiger partial charge on any atom is -0.496 e. The second-order valence-corrected chi connectivity index (χ2v) is 7.84. The number of nitrogens with zero attached hydrogens (tertiary/aromatic N) is 1. The van der Waals surface area contributed by atoms with E-state index < -0.39 is 11.7 Å². The smallest absolute Gasteiger partial charge is 0.161 e. The summed E-state index contributed by atoms with van der Waals surface area (Å²) in [4.78, 5) is 2.11. The Morgan fingerprint density at radius 3 is 2.72 bits per heavy atom. The molecule has 0 aliphatic carbocycles. The largest absolute Gasteiger partial charge is 0.496 e. The van der Waals surface area contributed by atoms with E-state index in [1.807, 2.05) is 42.5 Å². The highest BCUT2D eigenvalue weighted by molar-refractivity contribution is 5.44. The molecule has 1 saturated heterocycles. The maximum Gasteiger partial charge on any atom is 0.161 e. The first-order valence-electron chi connectivity index (χ1n) is 10.2. The van der Waals surface area contributed by atoms with Crippen molar-refractivity contribution in [3.05, 3.63) is 53.6 Å². The lowest BCUT2D eigenvalue weighted by atomic mass is 9.85. The van der Waals surface area contributed by atoms with Crippen LogP contribution in [0.15, 0.2) is 42.5 Å². The van der Waals surface area contributed by atoms with Gasteiger partial charge < -0.3 is 24.4 Å². The average Bonchev–Trinajstić information content (AvgIpc) is 2.98. The molecule has 6 nitrogen and oxygen atoms in total. The maximum absolute atomic E-state index is 11.4. The van der Waals surface area contributed by atoms with Crippen molar-refractivity contribution >= 4 is 0 Å². The van der Waals surface area contributed by atoms with E-state index in [1.54, 1.807) is 7.11 Å². The molecule has 2 unspecified atom stereocenters. The van der Waals surface area contributed by atoms with Gasteiger partial charge in [-0.2, -0.15) is 0 Å². The molecule has 0 saturated carbocycles. The van der Waals surface area contributed by atoms with Gasteiger partial charge >= 0.3 is 0 Å². The quantitative estimate of drug-likeness (QED) is 0.806. The lowest BCUT2D eigenvalue weighted by molar-refractivity contribution is -0.0474.